The standard InChI is InChI=1S/C14H14N2/c1-11-7-8-14(15)12(9-11)10-16-13-5-3-2-4-6-13/h2-10H,15H2,1H3. The Labute approximate surface area is 95.5 Å². The van der Waals surface area contributed by atoms with E-state index in [4.69, 9.17) is 5.73 Å². The van der Waals surface area contributed by atoms with E-state index >= 15 is 0 Å². The van der Waals surface area contributed by atoms with Gasteiger partial charge in [-0.05, 0) is 31.2 Å². The minimum atomic E-state index is 0.755. The summed E-state index contributed by atoms with van der Waals surface area (Å²) in [7, 11) is 0. The van der Waals surface area contributed by atoms with Crippen LogP contribution in [-0.4, -0.2) is 6.21 Å². The fraction of sp³-hybridized carbons (Fsp3) is 0.0714. The summed E-state index contributed by atoms with van der Waals surface area (Å²) in [6, 6.07) is 15.8. The van der Waals surface area contributed by atoms with Gasteiger partial charge in [0, 0.05) is 17.5 Å². The molecule has 80 valence electrons. The van der Waals surface area contributed by atoms with Gasteiger partial charge in [0.15, 0.2) is 0 Å². The van der Waals surface area contributed by atoms with Gasteiger partial charge < -0.3 is 5.73 Å². The van der Waals surface area contributed by atoms with Crippen molar-refractivity contribution in [2.75, 3.05) is 5.73 Å². The van der Waals surface area contributed by atoms with Crippen LogP contribution >= 0.6 is 0 Å². The molecule has 0 radical (unpaired) electrons. The van der Waals surface area contributed by atoms with Gasteiger partial charge in [0.1, 0.15) is 0 Å². The van der Waals surface area contributed by atoms with Crippen molar-refractivity contribution in [1.29, 1.82) is 0 Å². The summed E-state index contributed by atoms with van der Waals surface area (Å²) in [5.41, 5.74) is 9.70. The monoisotopic (exact) mass is 210 g/mol. The van der Waals surface area contributed by atoms with Crippen LogP contribution in [0.15, 0.2) is 53.5 Å². The van der Waals surface area contributed by atoms with Crippen LogP contribution in [-0.2, 0) is 0 Å². The summed E-state index contributed by atoms with van der Waals surface area (Å²) in [6.45, 7) is 2.04. The van der Waals surface area contributed by atoms with Crippen molar-refractivity contribution in [3.8, 4) is 0 Å². The van der Waals surface area contributed by atoms with Crippen molar-refractivity contribution >= 4 is 17.6 Å². The zero-order valence-electron chi connectivity index (χ0n) is 9.22. The van der Waals surface area contributed by atoms with Crippen molar-refractivity contribution in [1.82, 2.24) is 0 Å². The molecule has 16 heavy (non-hydrogen) atoms. The molecule has 0 unspecified atom stereocenters. The Kier molecular flexibility index (Phi) is 3.01. The number of anilines is 1. The lowest BCUT2D eigenvalue weighted by Crippen LogP contribution is -1.93. The van der Waals surface area contributed by atoms with E-state index < -0.39 is 0 Å². The van der Waals surface area contributed by atoms with Gasteiger partial charge in [-0.15, -0.1) is 0 Å². The lowest BCUT2D eigenvalue weighted by atomic mass is 10.1. The highest BCUT2D eigenvalue weighted by Gasteiger charge is 1.95. The SMILES string of the molecule is Cc1ccc(N)c(C=Nc2ccccc2)c1. The number of aliphatic imine (C=N–C) groups is 1. The summed E-state index contributed by atoms with van der Waals surface area (Å²) < 4.78 is 0. The number of nitrogens with zero attached hydrogens (tertiary/aromatic N) is 1. The van der Waals surface area contributed by atoms with Crippen molar-refractivity contribution in [3.63, 3.8) is 0 Å². The van der Waals surface area contributed by atoms with Gasteiger partial charge in [0.2, 0.25) is 0 Å². The molecule has 0 fully saturated rings. The van der Waals surface area contributed by atoms with Crippen molar-refractivity contribution in [2.24, 2.45) is 4.99 Å². The Bertz CT molecular complexity index is 501. The average molecular weight is 210 g/mol. The second-order valence-corrected chi connectivity index (χ2v) is 3.73. The molecule has 0 aliphatic rings. The molecule has 0 heterocycles. The number of rotatable bonds is 2. The molecule has 0 spiro atoms. The van der Waals surface area contributed by atoms with E-state index in [1.54, 1.807) is 6.21 Å². The fourth-order valence-electron chi connectivity index (χ4n) is 1.46. The molecular weight excluding hydrogens is 196 g/mol. The van der Waals surface area contributed by atoms with Crippen LogP contribution in [0.5, 0.6) is 0 Å². The molecule has 0 aliphatic carbocycles. The third-order valence-electron chi connectivity index (χ3n) is 2.35. The largest absolute Gasteiger partial charge is 0.398 e. The molecule has 0 saturated carbocycles. The second-order valence-electron chi connectivity index (χ2n) is 3.73. The Morgan fingerprint density at radius 2 is 1.81 bits per heavy atom. The number of hydrogen-bond acceptors (Lipinski definition) is 2. The van der Waals surface area contributed by atoms with E-state index in [-0.39, 0.29) is 0 Å². The third kappa shape index (κ3) is 2.48. The lowest BCUT2D eigenvalue weighted by Gasteiger charge is -2.00. The molecule has 2 rings (SSSR count). The van der Waals surface area contributed by atoms with Crippen LogP contribution in [0.3, 0.4) is 0 Å². The normalized spacial score (nSPS) is 10.8. The van der Waals surface area contributed by atoms with Gasteiger partial charge in [-0.3, -0.25) is 4.99 Å². The maximum absolute atomic E-state index is 5.86. The summed E-state index contributed by atoms with van der Waals surface area (Å²) in [6.07, 6.45) is 1.80. The maximum Gasteiger partial charge on any atom is 0.0629 e. The number of aryl methyl sites for hydroxylation is 1. The number of nitrogen functional groups attached to an aromatic ring is 1. The molecular formula is C14H14N2. The van der Waals surface area contributed by atoms with Gasteiger partial charge in [0.05, 0.1) is 5.69 Å². The van der Waals surface area contributed by atoms with E-state index in [2.05, 4.69) is 4.99 Å². The minimum Gasteiger partial charge on any atom is -0.398 e. The van der Waals surface area contributed by atoms with Crippen molar-refractivity contribution in [2.45, 2.75) is 6.92 Å². The topological polar surface area (TPSA) is 38.4 Å². The number of nitrogens with two attached hydrogens (primary N) is 1. The number of para-hydroxylation sites is 1. The second kappa shape index (κ2) is 4.62. The van der Waals surface area contributed by atoms with E-state index in [0.29, 0.717) is 0 Å². The van der Waals surface area contributed by atoms with Crippen LogP contribution in [0.4, 0.5) is 11.4 Å². The van der Waals surface area contributed by atoms with E-state index in [9.17, 15) is 0 Å². The first-order valence-corrected chi connectivity index (χ1v) is 5.21. The van der Waals surface area contributed by atoms with E-state index in [1.807, 2.05) is 55.5 Å². The van der Waals surface area contributed by atoms with Gasteiger partial charge >= 0.3 is 0 Å². The molecule has 0 atom stereocenters. The fourth-order valence-corrected chi connectivity index (χ4v) is 1.46. The van der Waals surface area contributed by atoms with Gasteiger partial charge in [-0.1, -0.05) is 29.8 Å². The Morgan fingerprint density at radius 1 is 1.06 bits per heavy atom. The molecule has 0 amide bonds. The van der Waals surface area contributed by atoms with Gasteiger partial charge in [-0.2, -0.15) is 0 Å². The molecule has 2 aromatic carbocycles. The molecule has 0 aliphatic heterocycles. The van der Waals surface area contributed by atoms with E-state index in [1.165, 1.54) is 5.56 Å². The molecule has 2 aromatic rings. The molecule has 0 bridgehead atoms. The van der Waals surface area contributed by atoms with Crippen LogP contribution in [0, 0.1) is 6.92 Å². The van der Waals surface area contributed by atoms with Crippen LogP contribution in [0.2, 0.25) is 0 Å². The van der Waals surface area contributed by atoms with Crippen LogP contribution in [0.1, 0.15) is 11.1 Å². The van der Waals surface area contributed by atoms with Gasteiger partial charge in [-0.25, -0.2) is 0 Å². The number of benzene rings is 2. The molecule has 2 nitrogen and oxygen atoms in total. The Balaban J connectivity index is 2.27. The first-order chi connectivity index (χ1) is 7.75. The summed E-state index contributed by atoms with van der Waals surface area (Å²) >= 11 is 0. The summed E-state index contributed by atoms with van der Waals surface area (Å²) in [4.78, 5) is 4.37. The number of hydrogen-bond donors (Lipinski definition) is 1. The molecule has 2 heteroatoms. The van der Waals surface area contributed by atoms with E-state index in [0.717, 1.165) is 16.9 Å². The summed E-state index contributed by atoms with van der Waals surface area (Å²) in [5.74, 6) is 0. The van der Waals surface area contributed by atoms with Crippen molar-refractivity contribution < 1.29 is 0 Å². The molecule has 0 aromatic heterocycles. The first-order valence-electron chi connectivity index (χ1n) is 5.21. The first kappa shape index (κ1) is 10.4. The maximum atomic E-state index is 5.86. The van der Waals surface area contributed by atoms with Gasteiger partial charge in [0.25, 0.3) is 0 Å². The molecule has 2 N–H and O–H groups in total. The van der Waals surface area contributed by atoms with Crippen molar-refractivity contribution in [3.05, 3.63) is 59.7 Å². The highest BCUT2D eigenvalue weighted by molar-refractivity contribution is 5.88. The average Bonchev–Trinajstić information content (AvgIpc) is 2.32. The smallest absolute Gasteiger partial charge is 0.0629 e. The zero-order valence-corrected chi connectivity index (χ0v) is 9.22. The molecule has 0 saturated heterocycles. The minimum absolute atomic E-state index is 0.755. The quantitative estimate of drug-likeness (QED) is 0.599. The predicted octanol–water partition coefficient (Wildman–Crippen LogP) is 3.33. The highest BCUT2D eigenvalue weighted by Crippen LogP contribution is 2.14. The van der Waals surface area contributed by atoms with Crippen LogP contribution < -0.4 is 5.73 Å². The zero-order chi connectivity index (χ0) is 11.4. The van der Waals surface area contributed by atoms with Crippen LogP contribution in [0.25, 0.3) is 0 Å². The predicted molar refractivity (Wildman–Crippen MR) is 69.3 cm³/mol. The third-order valence-corrected chi connectivity index (χ3v) is 2.35. The lowest BCUT2D eigenvalue weighted by molar-refractivity contribution is 1.45. The Hall–Kier alpha value is -2.09. The Morgan fingerprint density at radius 3 is 2.56 bits per heavy atom. The highest BCUT2D eigenvalue weighted by atomic mass is 14.7. The summed E-state index contributed by atoms with van der Waals surface area (Å²) in [5, 5.41) is 0.